The number of fused-ring (bicyclic) bond motifs is 1. The van der Waals surface area contributed by atoms with Gasteiger partial charge in [-0.1, -0.05) is 20.3 Å². The van der Waals surface area contributed by atoms with Gasteiger partial charge in [0, 0.05) is 11.7 Å². The lowest BCUT2D eigenvalue weighted by molar-refractivity contribution is -0.115. The van der Waals surface area contributed by atoms with E-state index >= 15 is 0 Å². The van der Waals surface area contributed by atoms with E-state index in [2.05, 4.69) is 24.5 Å². The molecule has 1 unspecified atom stereocenters. The minimum absolute atomic E-state index is 0.0437. The molecule has 4 heteroatoms. The van der Waals surface area contributed by atoms with Crippen molar-refractivity contribution in [2.45, 2.75) is 45.6 Å². The number of nitrogens with two attached hydrogens (primary N) is 1. The van der Waals surface area contributed by atoms with Crippen LogP contribution in [0, 0.1) is 0 Å². The maximum Gasteiger partial charge on any atom is 0.228 e. The summed E-state index contributed by atoms with van der Waals surface area (Å²) in [7, 11) is 0. The summed E-state index contributed by atoms with van der Waals surface area (Å²) < 4.78 is 0. The summed E-state index contributed by atoms with van der Waals surface area (Å²) in [6.07, 6.45) is 3.77. The Balaban J connectivity index is 2.19. The van der Waals surface area contributed by atoms with Gasteiger partial charge in [-0.3, -0.25) is 4.79 Å². The summed E-state index contributed by atoms with van der Waals surface area (Å²) in [6.45, 7) is 4.34. The van der Waals surface area contributed by atoms with E-state index in [-0.39, 0.29) is 5.91 Å². The highest BCUT2D eigenvalue weighted by Gasteiger charge is 2.19. The van der Waals surface area contributed by atoms with Gasteiger partial charge >= 0.3 is 0 Å². The molecule has 0 aromatic heterocycles. The van der Waals surface area contributed by atoms with Crippen LogP contribution in [0.1, 0.15) is 38.7 Å². The summed E-state index contributed by atoms with van der Waals surface area (Å²) in [5, 5.41) is 6.32. The molecule has 0 aliphatic carbocycles. The fourth-order valence-corrected chi connectivity index (χ4v) is 2.37. The number of rotatable bonds is 5. The minimum atomic E-state index is 0.0437. The number of nitrogens with one attached hydrogen (secondary N) is 2. The Labute approximate surface area is 108 Å². The number of carbonyl (C=O) groups excluding carboxylic acids is 1. The number of carbonyl (C=O) groups is 1. The quantitative estimate of drug-likeness (QED) is 0.701. The Bertz CT molecular complexity index is 457. The zero-order valence-electron chi connectivity index (χ0n) is 11.0. The summed E-state index contributed by atoms with van der Waals surface area (Å²) in [6, 6.07) is 4.29. The van der Waals surface area contributed by atoms with Crippen LogP contribution in [0.15, 0.2) is 12.1 Å². The average molecular weight is 247 g/mol. The van der Waals surface area contributed by atoms with Crippen LogP contribution < -0.4 is 16.4 Å². The SMILES string of the molecule is CCCC(CC)Nc1cc2c(cc1N)CC(=O)N2. The first-order valence-electron chi connectivity index (χ1n) is 6.62. The Kier molecular flexibility index (Phi) is 3.75. The summed E-state index contributed by atoms with van der Waals surface area (Å²) in [5.74, 6) is 0.0437. The topological polar surface area (TPSA) is 67.1 Å². The van der Waals surface area contributed by atoms with Crippen molar-refractivity contribution in [1.82, 2.24) is 0 Å². The predicted octanol–water partition coefficient (Wildman–Crippen LogP) is 2.75. The zero-order valence-corrected chi connectivity index (χ0v) is 11.0. The number of hydrogen-bond donors (Lipinski definition) is 3. The lowest BCUT2D eigenvalue weighted by Crippen LogP contribution is -2.19. The van der Waals surface area contributed by atoms with Crippen molar-refractivity contribution in [3.63, 3.8) is 0 Å². The van der Waals surface area contributed by atoms with Crippen molar-refractivity contribution in [2.24, 2.45) is 0 Å². The number of amides is 1. The average Bonchev–Trinajstić information content (AvgIpc) is 2.68. The molecule has 1 heterocycles. The third kappa shape index (κ3) is 2.58. The van der Waals surface area contributed by atoms with Crippen LogP contribution >= 0.6 is 0 Å². The normalized spacial score (nSPS) is 15.1. The molecule has 0 bridgehead atoms. The van der Waals surface area contributed by atoms with Gasteiger partial charge in [0.25, 0.3) is 0 Å². The molecule has 18 heavy (non-hydrogen) atoms. The molecule has 2 rings (SSSR count). The molecule has 98 valence electrons. The molecule has 1 amide bonds. The smallest absolute Gasteiger partial charge is 0.228 e. The molecule has 1 aromatic rings. The van der Waals surface area contributed by atoms with Crippen LogP contribution in [0.25, 0.3) is 0 Å². The first-order valence-corrected chi connectivity index (χ1v) is 6.62. The van der Waals surface area contributed by atoms with Crippen LogP contribution in [0.5, 0.6) is 0 Å². The molecule has 1 atom stereocenters. The van der Waals surface area contributed by atoms with E-state index < -0.39 is 0 Å². The molecule has 1 aliphatic heterocycles. The second kappa shape index (κ2) is 5.29. The lowest BCUT2D eigenvalue weighted by atomic mass is 10.1. The summed E-state index contributed by atoms with van der Waals surface area (Å²) in [5.41, 5.74) is 9.57. The Morgan fingerprint density at radius 1 is 1.44 bits per heavy atom. The van der Waals surface area contributed by atoms with Gasteiger partial charge in [-0.15, -0.1) is 0 Å². The predicted molar refractivity (Wildman–Crippen MR) is 75.8 cm³/mol. The monoisotopic (exact) mass is 247 g/mol. The standard InChI is InChI=1S/C14H21N3O/c1-3-5-10(4-2)16-13-8-12-9(6-11(13)15)7-14(18)17-12/h6,8,10,16H,3-5,7,15H2,1-2H3,(H,17,18). The lowest BCUT2D eigenvalue weighted by Gasteiger charge is -2.19. The third-order valence-electron chi connectivity index (χ3n) is 3.39. The number of nitrogen functional groups attached to an aromatic ring is 1. The van der Waals surface area contributed by atoms with E-state index in [1.807, 2.05) is 12.1 Å². The fourth-order valence-electron chi connectivity index (χ4n) is 2.37. The van der Waals surface area contributed by atoms with Gasteiger partial charge in [0.05, 0.1) is 17.8 Å². The molecule has 4 nitrogen and oxygen atoms in total. The van der Waals surface area contributed by atoms with Crippen LogP contribution in [0.2, 0.25) is 0 Å². The molecule has 0 radical (unpaired) electrons. The van der Waals surface area contributed by atoms with E-state index in [9.17, 15) is 4.79 Å². The highest BCUT2D eigenvalue weighted by atomic mass is 16.1. The molecule has 0 saturated carbocycles. The number of benzene rings is 1. The Morgan fingerprint density at radius 3 is 2.89 bits per heavy atom. The van der Waals surface area contributed by atoms with Crippen molar-refractivity contribution in [1.29, 1.82) is 0 Å². The molecular weight excluding hydrogens is 226 g/mol. The molecule has 0 saturated heterocycles. The van der Waals surface area contributed by atoms with E-state index in [4.69, 9.17) is 5.73 Å². The van der Waals surface area contributed by atoms with Crippen molar-refractivity contribution >= 4 is 23.0 Å². The van der Waals surface area contributed by atoms with Crippen LogP contribution in [0.3, 0.4) is 0 Å². The van der Waals surface area contributed by atoms with Gasteiger partial charge in [-0.25, -0.2) is 0 Å². The van der Waals surface area contributed by atoms with E-state index in [1.165, 1.54) is 0 Å². The Hall–Kier alpha value is -1.71. The molecule has 1 aliphatic rings. The van der Waals surface area contributed by atoms with Gasteiger partial charge in [-0.05, 0) is 30.5 Å². The van der Waals surface area contributed by atoms with Gasteiger partial charge in [0.2, 0.25) is 5.91 Å². The minimum Gasteiger partial charge on any atom is -0.397 e. The summed E-state index contributed by atoms with van der Waals surface area (Å²) >= 11 is 0. The van der Waals surface area contributed by atoms with Crippen LogP contribution in [0.4, 0.5) is 17.1 Å². The first-order chi connectivity index (χ1) is 8.63. The fraction of sp³-hybridized carbons (Fsp3) is 0.500. The second-order valence-corrected chi connectivity index (χ2v) is 4.86. The van der Waals surface area contributed by atoms with E-state index in [0.29, 0.717) is 12.5 Å². The maximum atomic E-state index is 11.3. The maximum absolute atomic E-state index is 11.3. The molecule has 0 spiro atoms. The first kappa shape index (κ1) is 12.7. The van der Waals surface area contributed by atoms with Crippen molar-refractivity contribution in [3.8, 4) is 0 Å². The summed E-state index contributed by atoms with van der Waals surface area (Å²) in [4.78, 5) is 11.3. The van der Waals surface area contributed by atoms with Gasteiger partial charge in [0.15, 0.2) is 0 Å². The van der Waals surface area contributed by atoms with Gasteiger partial charge in [-0.2, -0.15) is 0 Å². The number of hydrogen-bond acceptors (Lipinski definition) is 3. The van der Waals surface area contributed by atoms with E-state index in [0.717, 1.165) is 41.9 Å². The van der Waals surface area contributed by atoms with Crippen LogP contribution in [-0.2, 0) is 11.2 Å². The molecule has 4 N–H and O–H groups in total. The number of anilines is 3. The van der Waals surface area contributed by atoms with E-state index in [1.54, 1.807) is 0 Å². The van der Waals surface area contributed by atoms with Crippen molar-refractivity contribution in [2.75, 3.05) is 16.4 Å². The molecular formula is C14H21N3O. The second-order valence-electron chi connectivity index (χ2n) is 4.86. The Morgan fingerprint density at radius 2 is 2.22 bits per heavy atom. The molecule has 1 aromatic carbocycles. The van der Waals surface area contributed by atoms with Gasteiger partial charge < -0.3 is 16.4 Å². The highest BCUT2D eigenvalue weighted by molar-refractivity contribution is 6.00. The largest absolute Gasteiger partial charge is 0.397 e. The molecule has 0 fully saturated rings. The van der Waals surface area contributed by atoms with Crippen LogP contribution in [-0.4, -0.2) is 11.9 Å². The van der Waals surface area contributed by atoms with Crippen molar-refractivity contribution in [3.05, 3.63) is 17.7 Å². The van der Waals surface area contributed by atoms with Gasteiger partial charge in [0.1, 0.15) is 0 Å². The highest BCUT2D eigenvalue weighted by Crippen LogP contribution is 2.32. The zero-order chi connectivity index (χ0) is 13.1. The van der Waals surface area contributed by atoms with Crippen molar-refractivity contribution < 1.29 is 4.79 Å². The third-order valence-corrected chi connectivity index (χ3v) is 3.39.